The van der Waals surface area contributed by atoms with Crippen LogP contribution in [0, 0.1) is 6.07 Å². The number of nitrogens with one attached hydrogen (secondary N) is 1. The number of fused-ring (bicyclic) bond motifs is 1. The van der Waals surface area contributed by atoms with E-state index < -0.39 is 0 Å². The predicted octanol–water partition coefficient (Wildman–Crippen LogP) is 4.40. The zero-order chi connectivity index (χ0) is 11.0. The number of rotatable bonds is 1. The van der Waals surface area contributed by atoms with Gasteiger partial charge in [-0.05, 0) is 23.8 Å². The summed E-state index contributed by atoms with van der Waals surface area (Å²) < 4.78 is 1.09. The Kier molecular flexibility index (Phi) is 2.29. The molecule has 0 aliphatic heterocycles. The van der Waals surface area contributed by atoms with Crippen LogP contribution in [0.5, 0.6) is 0 Å². The normalized spacial score (nSPS) is 10.8. The summed E-state index contributed by atoms with van der Waals surface area (Å²) in [6, 6.07) is 19.8. The van der Waals surface area contributed by atoms with Gasteiger partial charge in [-0.1, -0.05) is 46.3 Å². The minimum atomic E-state index is 1.04. The average molecular weight is 271 g/mol. The van der Waals surface area contributed by atoms with Crippen molar-refractivity contribution in [2.45, 2.75) is 0 Å². The van der Waals surface area contributed by atoms with Crippen molar-refractivity contribution in [2.24, 2.45) is 0 Å². The Balaban J connectivity index is 2.15. The first-order valence-electron chi connectivity index (χ1n) is 5.09. The summed E-state index contributed by atoms with van der Waals surface area (Å²) >= 11 is 3.43. The Morgan fingerprint density at radius 3 is 2.44 bits per heavy atom. The van der Waals surface area contributed by atoms with Gasteiger partial charge in [0.2, 0.25) is 0 Å². The molecule has 1 N–H and O–H groups in total. The lowest BCUT2D eigenvalue weighted by molar-refractivity contribution is 1.45. The van der Waals surface area contributed by atoms with Crippen LogP contribution >= 0.6 is 15.9 Å². The standard InChI is InChI=1S/C14H9BrN/c15-12-7-5-10(6-8-12)14-9-11-3-1-2-4-13(11)16-14/h1-8,16H. The van der Waals surface area contributed by atoms with E-state index in [1.807, 2.05) is 24.3 Å². The predicted molar refractivity (Wildman–Crippen MR) is 70.3 cm³/mol. The smallest absolute Gasteiger partial charge is 0.0545 e. The monoisotopic (exact) mass is 270 g/mol. The molecule has 3 rings (SSSR count). The molecule has 0 spiro atoms. The Hall–Kier alpha value is -1.54. The fourth-order valence-electron chi connectivity index (χ4n) is 1.76. The van der Waals surface area contributed by atoms with E-state index in [1.165, 1.54) is 0 Å². The van der Waals surface area contributed by atoms with Gasteiger partial charge in [0, 0.05) is 21.4 Å². The van der Waals surface area contributed by atoms with Gasteiger partial charge < -0.3 is 4.98 Å². The van der Waals surface area contributed by atoms with E-state index in [9.17, 15) is 0 Å². The number of aromatic nitrogens is 1. The molecule has 2 aromatic carbocycles. The van der Waals surface area contributed by atoms with Crippen molar-refractivity contribution in [1.29, 1.82) is 0 Å². The molecule has 2 heteroatoms. The van der Waals surface area contributed by atoms with E-state index >= 15 is 0 Å². The summed E-state index contributed by atoms with van der Waals surface area (Å²) in [6.07, 6.45) is 0. The van der Waals surface area contributed by atoms with Crippen molar-refractivity contribution in [2.75, 3.05) is 0 Å². The lowest BCUT2D eigenvalue weighted by Crippen LogP contribution is -1.75. The molecule has 0 saturated carbocycles. The number of aromatic amines is 1. The van der Waals surface area contributed by atoms with E-state index in [0.29, 0.717) is 0 Å². The molecule has 0 saturated heterocycles. The highest BCUT2D eigenvalue weighted by Gasteiger charge is 2.02. The van der Waals surface area contributed by atoms with E-state index in [4.69, 9.17) is 0 Å². The van der Waals surface area contributed by atoms with Crippen LogP contribution < -0.4 is 0 Å². The molecular formula is C14H9BrN. The molecular weight excluding hydrogens is 262 g/mol. The van der Waals surface area contributed by atoms with Crippen molar-refractivity contribution >= 4 is 26.8 Å². The molecule has 77 valence electrons. The van der Waals surface area contributed by atoms with Gasteiger partial charge in [0.25, 0.3) is 0 Å². The fraction of sp³-hybridized carbons (Fsp3) is 0. The molecule has 1 heterocycles. The largest absolute Gasteiger partial charge is 0.354 e. The Morgan fingerprint density at radius 2 is 1.69 bits per heavy atom. The van der Waals surface area contributed by atoms with Crippen LogP contribution in [0.15, 0.2) is 53.0 Å². The molecule has 1 aromatic heterocycles. The van der Waals surface area contributed by atoms with E-state index in [0.717, 1.165) is 26.6 Å². The van der Waals surface area contributed by atoms with Crippen LogP contribution in [0.4, 0.5) is 0 Å². The van der Waals surface area contributed by atoms with E-state index in [-0.39, 0.29) is 0 Å². The van der Waals surface area contributed by atoms with Gasteiger partial charge in [-0.15, -0.1) is 0 Å². The van der Waals surface area contributed by atoms with Gasteiger partial charge in [-0.25, -0.2) is 0 Å². The number of hydrogen-bond donors (Lipinski definition) is 1. The minimum absolute atomic E-state index is 1.04. The maximum atomic E-state index is 3.43. The van der Waals surface area contributed by atoms with Crippen molar-refractivity contribution in [3.8, 4) is 11.3 Å². The van der Waals surface area contributed by atoms with Gasteiger partial charge >= 0.3 is 0 Å². The van der Waals surface area contributed by atoms with E-state index in [1.54, 1.807) is 0 Å². The molecule has 16 heavy (non-hydrogen) atoms. The van der Waals surface area contributed by atoms with Gasteiger partial charge in [0.15, 0.2) is 0 Å². The summed E-state index contributed by atoms with van der Waals surface area (Å²) in [5, 5.41) is 1.13. The zero-order valence-corrected chi connectivity index (χ0v) is 10.1. The topological polar surface area (TPSA) is 15.8 Å². The minimum Gasteiger partial charge on any atom is -0.354 e. The molecule has 3 aromatic rings. The maximum absolute atomic E-state index is 3.43. The van der Waals surface area contributed by atoms with Crippen molar-refractivity contribution in [1.82, 2.24) is 4.98 Å². The highest BCUT2D eigenvalue weighted by molar-refractivity contribution is 9.10. The molecule has 1 radical (unpaired) electrons. The SMILES string of the molecule is Brc1ccc(-c2[c]c3ccccc3[nH]2)cc1. The second-order valence-electron chi connectivity index (χ2n) is 3.68. The van der Waals surface area contributed by atoms with Crippen LogP contribution in [0.25, 0.3) is 22.2 Å². The molecule has 0 amide bonds. The van der Waals surface area contributed by atoms with Gasteiger partial charge in [-0.2, -0.15) is 0 Å². The lowest BCUT2D eigenvalue weighted by atomic mass is 10.1. The van der Waals surface area contributed by atoms with Gasteiger partial charge in [0.05, 0.1) is 5.69 Å². The molecule has 0 aliphatic carbocycles. The third-order valence-electron chi connectivity index (χ3n) is 2.58. The van der Waals surface area contributed by atoms with Crippen LogP contribution in [-0.2, 0) is 0 Å². The van der Waals surface area contributed by atoms with Crippen molar-refractivity contribution in [3.63, 3.8) is 0 Å². The molecule has 0 aliphatic rings. The second kappa shape index (κ2) is 3.80. The number of para-hydroxylation sites is 1. The van der Waals surface area contributed by atoms with Gasteiger partial charge in [-0.3, -0.25) is 0 Å². The Bertz CT molecular complexity index is 590. The molecule has 0 fully saturated rings. The van der Waals surface area contributed by atoms with Crippen LogP contribution in [0.1, 0.15) is 0 Å². The van der Waals surface area contributed by atoms with Crippen LogP contribution in [0.3, 0.4) is 0 Å². The van der Waals surface area contributed by atoms with E-state index in [2.05, 4.69) is 51.2 Å². The molecule has 0 unspecified atom stereocenters. The summed E-state index contributed by atoms with van der Waals surface area (Å²) in [7, 11) is 0. The third kappa shape index (κ3) is 1.65. The zero-order valence-electron chi connectivity index (χ0n) is 8.50. The average Bonchev–Trinajstić information content (AvgIpc) is 2.73. The summed E-state index contributed by atoms with van der Waals surface area (Å²) in [6.45, 7) is 0. The maximum Gasteiger partial charge on any atom is 0.0545 e. The first-order valence-corrected chi connectivity index (χ1v) is 5.88. The number of benzene rings is 2. The summed E-state index contributed by atoms with van der Waals surface area (Å²) in [5.74, 6) is 0. The van der Waals surface area contributed by atoms with Crippen molar-refractivity contribution in [3.05, 3.63) is 59.1 Å². The fourth-order valence-corrected chi connectivity index (χ4v) is 2.03. The van der Waals surface area contributed by atoms with Gasteiger partial charge in [0.1, 0.15) is 0 Å². The summed E-state index contributed by atoms with van der Waals surface area (Å²) in [4.78, 5) is 3.36. The quantitative estimate of drug-likeness (QED) is 0.675. The molecule has 0 bridgehead atoms. The molecule has 0 atom stereocenters. The second-order valence-corrected chi connectivity index (χ2v) is 4.59. The summed E-state index contributed by atoms with van der Waals surface area (Å²) in [5.41, 5.74) is 3.31. The third-order valence-corrected chi connectivity index (χ3v) is 3.11. The number of H-pyrrole nitrogens is 1. The van der Waals surface area contributed by atoms with Crippen molar-refractivity contribution < 1.29 is 0 Å². The highest BCUT2D eigenvalue weighted by Crippen LogP contribution is 2.24. The lowest BCUT2D eigenvalue weighted by Gasteiger charge is -1.96. The highest BCUT2D eigenvalue weighted by atomic mass is 79.9. The number of hydrogen-bond acceptors (Lipinski definition) is 0. The first kappa shape index (κ1) is 9.67. The Labute approximate surface area is 102 Å². The first-order chi connectivity index (χ1) is 7.83. The Morgan fingerprint density at radius 1 is 0.938 bits per heavy atom. The van der Waals surface area contributed by atoms with Crippen LogP contribution in [0.2, 0.25) is 0 Å². The van der Waals surface area contributed by atoms with Crippen LogP contribution in [-0.4, -0.2) is 4.98 Å². The molecule has 1 nitrogen and oxygen atoms in total. The number of halogens is 1.